The van der Waals surface area contributed by atoms with E-state index >= 15 is 0 Å². The minimum Gasteiger partial charge on any atom is -0.398 e. The van der Waals surface area contributed by atoms with Crippen molar-refractivity contribution >= 4 is 5.69 Å². The predicted molar refractivity (Wildman–Crippen MR) is 81.3 cm³/mol. The van der Waals surface area contributed by atoms with E-state index in [-0.39, 0.29) is 0 Å². The van der Waals surface area contributed by atoms with Crippen LogP contribution < -0.4 is 5.73 Å². The molecule has 0 fully saturated rings. The highest BCUT2D eigenvalue weighted by atomic mass is 16.3. The summed E-state index contributed by atoms with van der Waals surface area (Å²) < 4.78 is 0. The number of likely N-dealkylation sites (N-methyl/N-ethyl adjacent to an activating group) is 1. The molecule has 0 amide bonds. The summed E-state index contributed by atoms with van der Waals surface area (Å²) in [5, 5.41) is 10.2. The van der Waals surface area contributed by atoms with E-state index in [0.29, 0.717) is 12.2 Å². The molecule has 0 aliphatic heterocycles. The molecule has 4 heteroatoms. The van der Waals surface area contributed by atoms with Gasteiger partial charge in [-0.1, -0.05) is 24.3 Å². The summed E-state index contributed by atoms with van der Waals surface area (Å²) in [5.74, 6) is 0. The van der Waals surface area contributed by atoms with Crippen LogP contribution in [0.15, 0.2) is 48.7 Å². The van der Waals surface area contributed by atoms with Gasteiger partial charge in [0.25, 0.3) is 0 Å². The first-order chi connectivity index (χ1) is 9.66. The van der Waals surface area contributed by atoms with Crippen molar-refractivity contribution in [2.75, 3.05) is 25.9 Å². The van der Waals surface area contributed by atoms with E-state index < -0.39 is 6.10 Å². The van der Waals surface area contributed by atoms with Crippen LogP contribution in [-0.2, 0) is 6.42 Å². The summed E-state index contributed by atoms with van der Waals surface area (Å²) in [7, 11) is 1.99. The molecule has 4 nitrogen and oxygen atoms in total. The van der Waals surface area contributed by atoms with Crippen molar-refractivity contribution in [3.8, 4) is 0 Å². The number of nitrogens with zero attached hydrogens (tertiary/aromatic N) is 2. The predicted octanol–water partition coefficient (Wildman–Crippen LogP) is 1.87. The molecule has 2 aromatic rings. The summed E-state index contributed by atoms with van der Waals surface area (Å²) in [4.78, 5) is 6.38. The summed E-state index contributed by atoms with van der Waals surface area (Å²) in [6, 6.07) is 13.4. The molecule has 1 aromatic carbocycles. The molecule has 2 rings (SSSR count). The SMILES string of the molecule is CN(CCc1ccccn1)CC(O)c1ccccc1N. The van der Waals surface area contributed by atoms with Crippen LogP contribution in [0.2, 0.25) is 0 Å². The second-order valence-corrected chi connectivity index (χ2v) is 4.98. The van der Waals surface area contributed by atoms with Gasteiger partial charge in [-0.3, -0.25) is 4.98 Å². The van der Waals surface area contributed by atoms with Gasteiger partial charge < -0.3 is 15.7 Å². The number of aliphatic hydroxyl groups excluding tert-OH is 1. The van der Waals surface area contributed by atoms with Crippen molar-refractivity contribution < 1.29 is 5.11 Å². The maximum absolute atomic E-state index is 10.2. The molecule has 1 heterocycles. The molecule has 1 atom stereocenters. The summed E-state index contributed by atoms with van der Waals surface area (Å²) in [6.07, 6.45) is 2.10. The Morgan fingerprint density at radius 2 is 1.95 bits per heavy atom. The van der Waals surface area contributed by atoms with Gasteiger partial charge in [-0.05, 0) is 25.2 Å². The first kappa shape index (κ1) is 14.5. The van der Waals surface area contributed by atoms with Crippen molar-refractivity contribution in [3.05, 3.63) is 59.9 Å². The lowest BCUT2D eigenvalue weighted by Gasteiger charge is -2.21. The van der Waals surface area contributed by atoms with Crippen LogP contribution in [0, 0.1) is 0 Å². The van der Waals surface area contributed by atoms with Gasteiger partial charge in [-0.2, -0.15) is 0 Å². The van der Waals surface area contributed by atoms with Gasteiger partial charge in [-0.25, -0.2) is 0 Å². The van der Waals surface area contributed by atoms with Gasteiger partial charge in [0.05, 0.1) is 6.10 Å². The minimum atomic E-state index is -0.565. The quantitative estimate of drug-likeness (QED) is 0.787. The van der Waals surface area contributed by atoms with Crippen LogP contribution in [0.3, 0.4) is 0 Å². The van der Waals surface area contributed by atoms with Crippen LogP contribution in [0.5, 0.6) is 0 Å². The number of hydrogen-bond donors (Lipinski definition) is 2. The molecule has 0 spiro atoms. The Kier molecular flexibility index (Phi) is 5.09. The normalized spacial score (nSPS) is 12.6. The number of pyridine rings is 1. The fourth-order valence-electron chi connectivity index (χ4n) is 2.15. The minimum absolute atomic E-state index is 0.557. The van der Waals surface area contributed by atoms with Gasteiger partial charge in [-0.15, -0.1) is 0 Å². The highest BCUT2D eigenvalue weighted by molar-refractivity contribution is 5.47. The third-order valence-electron chi connectivity index (χ3n) is 3.32. The number of anilines is 1. The highest BCUT2D eigenvalue weighted by Gasteiger charge is 2.13. The topological polar surface area (TPSA) is 62.4 Å². The molecule has 0 aliphatic carbocycles. The summed E-state index contributed by atoms with van der Waals surface area (Å²) >= 11 is 0. The lowest BCUT2D eigenvalue weighted by molar-refractivity contribution is 0.128. The Balaban J connectivity index is 1.85. The maximum Gasteiger partial charge on any atom is 0.0936 e. The number of nitrogens with two attached hydrogens (primary N) is 1. The zero-order chi connectivity index (χ0) is 14.4. The molecule has 1 aromatic heterocycles. The molecule has 0 saturated heterocycles. The van der Waals surface area contributed by atoms with Crippen LogP contribution >= 0.6 is 0 Å². The standard InChI is InChI=1S/C16H21N3O/c1-19(11-9-13-6-4-5-10-18-13)12-16(20)14-7-2-3-8-15(14)17/h2-8,10,16,20H,9,11-12,17H2,1H3. The van der Waals surface area contributed by atoms with Gasteiger partial charge in [0, 0.05) is 42.7 Å². The average Bonchev–Trinajstić information content (AvgIpc) is 2.46. The molecule has 1 unspecified atom stereocenters. The molecule has 0 saturated carbocycles. The Morgan fingerprint density at radius 1 is 1.20 bits per heavy atom. The van der Waals surface area contributed by atoms with Crippen molar-refractivity contribution in [2.45, 2.75) is 12.5 Å². The molecule has 20 heavy (non-hydrogen) atoms. The Hall–Kier alpha value is -1.91. The van der Waals surface area contributed by atoms with E-state index in [1.54, 1.807) is 6.20 Å². The zero-order valence-corrected chi connectivity index (χ0v) is 11.7. The first-order valence-electron chi connectivity index (χ1n) is 6.77. The lowest BCUT2D eigenvalue weighted by atomic mass is 10.1. The fourth-order valence-corrected chi connectivity index (χ4v) is 2.15. The lowest BCUT2D eigenvalue weighted by Crippen LogP contribution is -2.27. The van der Waals surface area contributed by atoms with E-state index in [1.807, 2.05) is 49.5 Å². The fraction of sp³-hybridized carbons (Fsp3) is 0.312. The molecular weight excluding hydrogens is 250 g/mol. The van der Waals surface area contributed by atoms with Gasteiger partial charge in [0.2, 0.25) is 0 Å². The van der Waals surface area contributed by atoms with Crippen molar-refractivity contribution in [1.29, 1.82) is 0 Å². The monoisotopic (exact) mass is 271 g/mol. The number of aromatic nitrogens is 1. The molecule has 0 radical (unpaired) electrons. The third-order valence-corrected chi connectivity index (χ3v) is 3.32. The number of rotatable bonds is 6. The maximum atomic E-state index is 10.2. The molecule has 106 valence electrons. The largest absolute Gasteiger partial charge is 0.398 e. The van der Waals surface area contributed by atoms with Crippen LogP contribution in [0.1, 0.15) is 17.4 Å². The number of benzene rings is 1. The average molecular weight is 271 g/mol. The smallest absolute Gasteiger partial charge is 0.0936 e. The summed E-state index contributed by atoms with van der Waals surface area (Å²) in [6.45, 7) is 1.40. The van der Waals surface area contributed by atoms with Crippen LogP contribution in [0.4, 0.5) is 5.69 Å². The second kappa shape index (κ2) is 7.03. The Bertz CT molecular complexity index is 530. The van der Waals surface area contributed by atoms with E-state index in [9.17, 15) is 5.11 Å². The van der Waals surface area contributed by atoms with Crippen molar-refractivity contribution in [1.82, 2.24) is 9.88 Å². The summed E-state index contributed by atoms with van der Waals surface area (Å²) in [5.41, 5.74) is 8.36. The number of nitrogen functional groups attached to an aromatic ring is 1. The van der Waals surface area contributed by atoms with Gasteiger partial charge >= 0.3 is 0 Å². The van der Waals surface area contributed by atoms with E-state index in [2.05, 4.69) is 9.88 Å². The highest BCUT2D eigenvalue weighted by Crippen LogP contribution is 2.20. The number of aliphatic hydroxyl groups is 1. The Morgan fingerprint density at radius 3 is 2.65 bits per heavy atom. The molecule has 3 N–H and O–H groups in total. The van der Waals surface area contributed by atoms with Gasteiger partial charge in [0.1, 0.15) is 0 Å². The van der Waals surface area contributed by atoms with Gasteiger partial charge in [0.15, 0.2) is 0 Å². The van der Waals surface area contributed by atoms with E-state index in [0.717, 1.165) is 24.2 Å². The van der Waals surface area contributed by atoms with Crippen molar-refractivity contribution in [2.24, 2.45) is 0 Å². The third kappa shape index (κ3) is 4.05. The number of hydrogen-bond acceptors (Lipinski definition) is 4. The molecular formula is C16H21N3O. The number of para-hydroxylation sites is 1. The van der Waals surface area contributed by atoms with Crippen LogP contribution in [-0.4, -0.2) is 35.1 Å². The second-order valence-electron chi connectivity index (χ2n) is 4.98. The zero-order valence-electron chi connectivity index (χ0n) is 11.7. The molecule has 0 bridgehead atoms. The van der Waals surface area contributed by atoms with E-state index in [4.69, 9.17) is 5.73 Å². The van der Waals surface area contributed by atoms with Crippen molar-refractivity contribution in [3.63, 3.8) is 0 Å². The van der Waals surface area contributed by atoms with Crippen LogP contribution in [0.25, 0.3) is 0 Å². The first-order valence-corrected chi connectivity index (χ1v) is 6.77. The Labute approximate surface area is 119 Å². The molecule has 0 aliphatic rings. The van der Waals surface area contributed by atoms with E-state index in [1.165, 1.54) is 0 Å².